The Balaban J connectivity index is 1.69. The summed E-state index contributed by atoms with van der Waals surface area (Å²) in [5.74, 6) is 0.523. The van der Waals surface area contributed by atoms with Crippen molar-refractivity contribution >= 4 is 44.3 Å². The van der Waals surface area contributed by atoms with E-state index in [4.69, 9.17) is 15.9 Å². The van der Waals surface area contributed by atoms with Gasteiger partial charge >= 0.3 is 0 Å². The summed E-state index contributed by atoms with van der Waals surface area (Å²) in [7, 11) is 0. The van der Waals surface area contributed by atoms with E-state index in [1.165, 1.54) is 11.3 Å². The summed E-state index contributed by atoms with van der Waals surface area (Å²) >= 11 is 1.42. The Morgan fingerprint density at radius 3 is 2.76 bits per heavy atom. The largest absolute Gasteiger partial charge is 0.455 e. The molecule has 1 amide bonds. The summed E-state index contributed by atoms with van der Waals surface area (Å²) < 4.78 is 7.00. The summed E-state index contributed by atoms with van der Waals surface area (Å²) in [5, 5.41) is 11.4. The van der Waals surface area contributed by atoms with Crippen LogP contribution in [0, 0.1) is 12.3 Å². The molecule has 2 heterocycles. The molecule has 0 unspecified atom stereocenters. The number of carbonyl (C=O) groups excluding carboxylic acids is 1. The van der Waals surface area contributed by atoms with Crippen LogP contribution in [-0.4, -0.2) is 22.6 Å². The van der Waals surface area contributed by atoms with E-state index in [2.05, 4.69) is 34.4 Å². The van der Waals surface area contributed by atoms with Gasteiger partial charge in [0.2, 0.25) is 5.96 Å². The molecule has 8 nitrogen and oxygen atoms in total. The van der Waals surface area contributed by atoms with Crippen molar-refractivity contribution in [1.29, 1.82) is 0 Å². The zero-order chi connectivity index (χ0) is 20.8. The van der Waals surface area contributed by atoms with Crippen LogP contribution in [0.15, 0.2) is 38.9 Å². The standard InChI is InChI=1S/C20H22N6O2S/c1-10-15-12(25-26-18(21)22)8-20(2,3)9-13(15)28-16(10)17(27)24-19-23-11-6-4-5-7-14(11)29-19/h4-7H,8-9H2,1-3H3,(H4,21,22,26)(H,23,24,27)/b25-12-. The maximum atomic E-state index is 12.9. The normalized spacial score (nSPS) is 16.6. The first kappa shape index (κ1) is 19.1. The lowest BCUT2D eigenvalue weighted by Crippen LogP contribution is -2.27. The van der Waals surface area contributed by atoms with Crippen LogP contribution in [0.1, 0.15) is 47.7 Å². The number of nitrogens with two attached hydrogens (primary N) is 2. The molecule has 29 heavy (non-hydrogen) atoms. The Bertz CT molecular complexity index is 1130. The molecule has 150 valence electrons. The zero-order valence-electron chi connectivity index (χ0n) is 16.4. The Morgan fingerprint density at radius 1 is 1.28 bits per heavy atom. The third kappa shape index (κ3) is 3.73. The van der Waals surface area contributed by atoms with Crippen molar-refractivity contribution in [3.05, 3.63) is 46.9 Å². The molecule has 0 radical (unpaired) electrons. The van der Waals surface area contributed by atoms with Crippen LogP contribution >= 0.6 is 11.3 Å². The fourth-order valence-electron chi connectivity index (χ4n) is 3.61. The highest BCUT2D eigenvalue weighted by molar-refractivity contribution is 7.22. The smallest absolute Gasteiger partial charge is 0.293 e. The Hall–Kier alpha value is -3.20. The number of guanidine groups is 1. The van der Waals surface area contributed by atoms with Crippen molar-refractivity contribution < 1.29 is 9.21 Å². The Morgan fingerprint density at radius 2 is 2.03 bits per heavy atom. The molecule has 0 bridgehead atoms. The predicted octanol–water partition coefficient (Wildman–Crippen LogP) is 3.40. The number of furan rings is 1. The number of nitrogens with zero attached hydrogens (tertiary/aromatic N) is 3. The molecule has 9 heteroatoms. The lowest BCUT2D eigenvalue weighted by atomic mass is 9.75. The number of para-hydroxylation sites is 1. The van der Waals surface area contributed by atoms with Crippen LogP contribution in [0.25, 0.3) is 10.2 Å². The third-order valence-electron chi connectivity index (χ3n) is 4.80. The van der Waals surface area contributed by atoms with Crippen molar-refractivity contribution in [1.82, 2.24) is 4.98 Å². The first-order chi connectivity index (χ1) is 13.7. The van der Waals surface area contributed by atoms with Gasteiger partial charge in [-0.3, -0.25) is 10.1 Å². The number of thiazole rings is 1. The minimum Gasteiger partial charge on any atom is -0.455 e. The number of amides is 1. The molecule has 0 aliphatic heterocycles. The van der Waals surface area contributed by atoms with Crippen LogP contribution in [0.4, 0.5) is 5.13 Å². The number of rotatable bonds is 3. The summed E-state index contributed by atoms with van der Waals surface area (Å²) in [6.07, 6.45) is 1.37. The molecule has 5 N–H and O–H groups in total. The van der Waals surface area contributed by atoms with E-state index < -0.39 is 0 Å². The molecule has 1 aliphatic carbocycles. The van der Waals surface area contributed by atoms with Gasteiger partial charge in [-0.15, -0.1) is 5.10 Å². The Kier molecular flexibility index (Phi) is 4.62. The molecule has 0 fully saturated rings. The van der Waals surface area contributed by atoms with Crippen LogP contribution in [0.3, 0.4) is 0 Å². The van der Waals surface area contributed by atoms with Gasteiger partial charge in [0.25, 0.3) is 5.91 Å². The van der Waals surface area contributed by atoms with Crippen molar-refractivity contribution in [3.63, 3.8) is 0 Å². The number of carbonyl (C=O) groups is 1. The van der Waals surface area contributed by atoms with E-state index in [-0.39, 0.29) is 23.0 Å². The molecule has 2 aromatic heterocycles. The zero-order valence-corrected chi connectivity index (χ0v) is 17.3. The number of nitrogens with one attached hydrogen (secondary N) is 1. The topological polar surface area (TPSA) is 132 Å². The predicted molar refractivity (Wildman–Crippen MR) is 115 cm³/mol. The second-order valence-electron chi connectivity index (χ2n) is 7.88. The Labute approximate surface area is 171 Å². The van der Waals surface area contributed by atoms with Gasteiger partial charge in [0.1, 0.15) is 5.76 Å². The van der Waals surface area contributed by atoms with E-state index in [9.17, 15) is 4.79 Å². The second-order valence-corrected chi connectivity index (χ2v) is 8.92. The van der Waals surface area contributed by atoms with Crippen LogP contribution in [-0.2, 0) is 6.42 Å². The molecule has 0 saturated carbocycles. The van der Waals surface area contributed by atoms with Crippen LogP contribution in [0.2, 0.25) is 0 Å². The number of aromatic nitrogens is 1. The molecule has 0 saturated heterocycles. The second kappa shape index (κ2) is 7.00. The first-order valence-electron chi connectivity index (χ1n) is 9.18. The lowest BCUT2D eigenvalue weighted by molar-refractivity contribution is 0.0993. The summed E-state index contributed by atoms with van der Waals surface area (Å²) in [6.45, 7) is 6.07. The van der Waals surface area contributed by atoms with Crippen molar-refractivity contribution in [3.8, 4) is 0 Å². The maximum Gasteiger partial charge on any atom is 0.293 e. The SMILES string of the molecule is Cc1c(C(=O)Nc2nc3ccccc3s2)oc2c1/C(=N\N=C(N)N)CC(C)(C)C2. The third-order valence-corrected chi connectivity index (χ3v) is 5.75. The molecule has 4 rings (SSSR count). The highest BCUT2D eigenvalue weighted by Crippen LogP contribution is 2.39. The van der Waals surface area contributed by atoms with Gasteiger partial charge in [0.05, 0.1) is 15.9 Å². The monoisotopic (exact) mass is 410 g/mol. The van der Waals surface area contributed by atoms with Gasteiger partial charge in [0, 0.05) is 17.5 Å². The molecule has 3 aromatic rings. The van der Waals surface area contributed by atoms with Gasteiger partial charge < -0.3 is 15.9 Å². The minimum atomic E-state index is -0.338. The molecular weight excluding hydrogens is 388 g/mol. The van der Waals surface area contributed by atoms with E-state index in [1.54, 1.807) is 0 Å². The highest BCUT2D eigenvalue weighted by Gasteiger charge is 2.36. The summed E-state index contributed by atoms with van der Waals surface area (Å²) in [4.78, 5) is 17.4. The van der Waals surface area contributed by atoms with Gasteiger partial charge in [-0.1, -0.05) is 37.3 Å². The maximum absolute atomic E-state index is 12.9. The van der Waals surface area contributed by atoms with Crippen molar-refractivity contribution in [2.45, 2.75) is 33.6 Å². The molecule has 0 spiro atoms. The first-order valence-corrected chi connectivity index (χ1v) is 10.0. The lowest BCUT2D eigenvalue weighted by Gasteiger charge is -2.29. The average Bonchev–Trinajstić information content (AvgIpc) is 3.19. The van der Waals surface area contributed by atoms with Crippen LogP contribution in [0.5, 0.6) is 0 Å². The van der Waals surface area contributed by atoms with Crippen LogP contribution < -0.4 is 16.8 Å². The van der Waals surface area contributed by atoms with E-state index in [0.717, 1.165) is 27.1 Å². The number of benzene rings is 1. The fraction of sp³-hybridized carbons (Fsp3) is 0.300. The molecule has 1 aromatic carbocycles. The molecule has 1 aliphatic rings. The molecule has 0 atom stereocenters. The van der Waals surface area contributed by atoms with E-state index in [0.29, 0.717) is 23.7 Å². The number of hydrogen-bond acceptors (Lipinski definition) is 6. The number of anilines is 1. The van der Waals surface area contributed by atoms with Crippen molar-refractivity contribution in [2.24, 2.45) is 27.1 Å². The van der Waals surface area contributed by atoms with Gasteiger partial charge in [-0.05, 0) is 30.9 Å². The fourth-order valence-corrected chi connectivity index (χ4v) is 4.47. The van der Waals surface area contributed by atoms with Gasteiger partial charge in [-0.25, -0.2) is 4.98 Å². The minimum absolute atomic E-state index is 0.0875. The average molecular weight is 411 g/mol. The molecular formula is C20H22N6O2S. The highest BCUT2D eigenvalue weighted by atomic mass is 32.1. The van der Waals surface area contributed by atoms with Gasteiger partial charge in [-0.2, -0.15) is 5.10 Å². The number of hydrogen-bond donors (Lipinski definition) is 3. The summed E-state index contributed by atoms with van der Waals surface area (Å²) in [5.41, 5.74) is 13.9. The number of fused-ring (bicyclic) bond motifs is 2. The van der Waals surface area contributed by atoms with E-state index >= 15 is 0 Å². The van der Waals surface area contributed by atoms with E-state index in [1.807, 2.05) is 31.2 Å². The summed E-state index contributed by atoms with van der Waals surface area (Å²) in [6, 6.07) is 7.73. The quantitative estimate of drug-likeness (QED) is 0.346. The van der Waals surface area contributed by atoms with Gasteiger partial charge in [0.15, 0.2) is 10.9 Å². The van der Waals surface area contributed by atoms with Crippen molar-refractivity contribution in [2.75, 3.05) is 5.32 Å².